The van der Waals surface area contributed by atoms with Crippen molar-refractivity contribution in [2.45, 2.75) is 18.9 Å². The van der Waals surface area contributed by atoms with Gasteiger partial charge >= 0.3 is 5.97 Å². The molecule has 1 aromatic rings. The molecule has 0 radical (unpaired) electrons. The van der Waals surface area contributed by atoms with E-state index in [1.807, 2.05) is 0 Å². The lowest BCUT2D eigenvalue weighted by atomic mass is 10.2. The maximum atomic E-state index is 11.9. The number of methoxy groups -OCH3 is 1. The highest BCUT2D eigenvalue weighted by atomic mass is 35.5. The minimum Gasteiger partial charge on any atom is -0.465 e. The molecule has 1 amide bonds. The lowest BCUT2D eigenvalue weighted by molar-refractivity contribution is -0.117. The van der Waals surface area contributed by atoms with Gasteiger partial charge in [0, 0.05) is 5.69 Å². The van der Waals surface area contributed by atoms with Crippen LogP contribution in [0.1, 0.15) is 23.2 Å². The molecule has 2 rings (SSSR count). The highest BCUT2D eigenvalue weighted by Crippen LogP contribution is 2.13. The average Bonchev–Trinajstić information content (AvgIpc) is 2.92. The molecular formula is C13H17ClN2O3. The molecule has 1 saturated heterocycles. The van der Waals surface area contributed by atoms with Crippen LogP contribution in [0.4, 0.5) is 5.69 Å². The van der Waals surface area contributed by atoms with Gasteiger partial charge in [-0.25, -0.2) is 4.79 Å². The van der Waals surface area contributed by atoms with Crippen LogP contribution >= 0.6 is 12.4 Å². The van der Waals surface area contributed by atoms with Crippen LogP contribution in [0.25, 0.3) is 0 Å². The lowest BCUT2D eigenvalue weighted by Crippen LogP contribution is -2.35. The Bertz CT molecular complexity index is 459. The summed E-state index contributed by atoms with van der Waals surface area (Å²) in [7, 11) is 1.33. The molecule has 0 aromatic heterocycles. The van der Waals surface area contributed by atoms with Crippen LogP contribution in [0.3, 0.4) is 0 Å². The molecule has 1 aromatic carbocycles. The molecule has 0 spiro atoms. The first-order chi connectivity index (χ1) is 8.70. The van der Waals surface area contributed by atoms with Crippen LogP contribution in [-0.2, 0) is 9.53 Å². The number of anilines is 1. The molecule has 104 valence electrons. The second kappa shape index (κ2) is 7.11. The third-order valence-electron chi connectivity index (χ3n) is 2.93. The summed E-state index contributed by atoms with van der Waals surface area (Å²) in [4.78, 5) is 23.2. The van der Waals surface area contributed by atoms with Gasteiger partial charge < -0.3 is 15.4 Å². The summed E-state index contributed by atoms with van der Waals surface area (Å²) in [5.41, 5.74) is 1.03. The number of ether oxygens (including phenoxy) is 1. The number of halogens is 1. The number of nitrogens with one attached hydrogen (secondary N) is 2. The Morgan fingerprint density at radius 1 is 1.42 bits per heavy atom. The summed E-state index contributed by atoms with van der Waals surface area (Å²) >= 11 is 0. The molecule has 0 saturated carbocycles. The maximum Gasteiger partial charge on any atom is 0.337 e. The zero-order valence-electron chi connectivity index (χ0n) is 10.6. The SMILES string of the molecule is COC(=O)c1cccc(NC(=O)C2CCCN2)c1.Cl. The van der Waals surface area contributed by atoms with Crippen molar-refractivity contribution in [3.05, 3.63) is 29.8 Å². The number of amides is 1. The van der Waals surface area contributed by atoms with Crippen molar-refractivity contribution < 1.29 is 14.3 Å². The molecule has 5 nitrogen and oxygen atoms in total. The van der Waals surface area contributed by atoms with Gasteiger partial charge in [0.15, 0.2) is 0 Å². The topological polar surface area (TPSA) is 67.4 Å². The molecular weight excluding hydrogens is 268 g/mol. The van der Waals surface area contributed by atoms with E-state index in [2.05, 4.69) is 15.4 Å². The predicted molar refractivity (Wildman–Crippen MR) is 74.7 cm³/mol. The molecule has 0 aliphatic carbocycles. The van der Waals surface area contributed by atoms with Gasteiger partial charge in [0.2, 0.25) is 5.91 Å². The molecule has 1 fully saturated rings. The third kappa shape index (κ3) is 3.94. The van der Waals surface area contributed by atoms with E-state index in [9.17, 15) is 9.59 Å². The average molecular weight is 285 g/mol. The van der Waals surface area contributed by atoms with Gasteiger partial charge in [0.1, 0.15) is 0 Å². The summed E-state index contributed by atoms with van der Waals surface area (Å²) < 4.78 is 4.63. The first kappa shape index (κ1) is 15.5. The number of esters is 1. The van der Waals surface area contributed by atoms with Crippen LogP contribution in [-0.4, -0.2) is 31.6 Å². The van der Waals surface area contributed by atoms with Gasteiger partial charge in [0.25, 0.3) is 0 Å². The van der Waals surface area contributed by atoms with Crippen molar-refractivity contribution in [1.82, 2.24) is 5.32 Å². The summed E-state index contributed by atoms with van der Waals surface area (Å²) in [6.07, 6.45) is 1.86. The van der Waals surface area contributed by atoms with E-state index in [1.54, 1.807) is 24.3 Å². The standard InChI is InChI=1S/C13H16N2O3.ClH/c1-18-13(17)9-4-2-5-10(8-9)15-12(16)11-6-3-7-14-11;/h2,4-5,8,11,14H,3,6-7H2,1H3,(H,15,16);1H. The van der Waals surface area contributed by atoms with Crippen molar-refractivity contribution in [3.8, 4) is 0 Å². The van der Waals surface area contributed by atoms with E-state index >= 15 is 0 Å². The molecule has 19 heavy (non-hydrogen) atoms. The summed E-state index contributed by atoms with van der Waals surface area (Å²) in [5, 5.41) is 5.92. The van der Waals surface area contributed by atoms with Crippen molar-refractivity contribution in [2.24, 2.45) is 0 Å². The molecule has 1 aliphatic rings. The lowest BCUT2D eigenvalue weighted by Gasteiger charge is -2.11. The van der Waals surface area contributed by atoms with Crippen molar-refractivity contribution in [1.29, 1.82) is 0 Å². The van der Waals surface area contributed by atoms with Gasteiger partial charge in [-0.2, -0.15) is 0 Å². The minimum absolute atomic E-state index is 0. The maximum absolute atomic E-state index is 11.9. The van der Waals surface area contributed by atoms with Crippen LogP contribution in [0.5, 0.6) is 0 Å². The van der Waals surface area contributed by atoms with Crippen LogP contribution in [0, 0.1) is 0 Å². The van der Waals surface area contributed by atoms with E-state index in [0.29, 0.717) is 11.3 Å². The predicted octanol–water partition coefficient (Wildman–Crippen LogP) is 1.59. The fourth-order valence-corrected chi connectivity index (χ4v) is 1.98. The second-order valence-electron chi connectivity index (χ2n) is 4.21. The Labute approximate surface area is 118 Å². The summed E-state index contributed by atoms with van der Waals surface area (Å²) in [5.74, 6) is -0.473. The highest BCUT2D eigenvalue weighted by molar-refractivity contribution is 5.97. The Morgan fingerprint density at radius 3 is 2.84 bits per heavy atom. The molecule has 1 aliphatic heterocycles. The van der Waals surface area contributed by atoms with E-state index < -0.39 is 5.97 Å². The normalized spacial score (nSPS) is 17.4. The molecule has 6 heteroatoms. The first-order valence-electron chi connectivity index (χ1n) is 5.93. The smallest absolute Gasteiger partial charge is 0.337 e. The van der Waals surface area contributed by atoms with Crippen LogP contribution < -0.4 is 10.6 Å². The largest absolute Gasteiger partial charge is 0.465 e. The van der Waals surface area contributed by atoms with E-state index in [4.69, 9.17) is 0 Å². The van der Waals surface area contributed by atoms with Crippen molar-refractivity contribution >= 4 is 30.0 Å². The Hall–Kier alpha value is -1.59. The van der Waals surface area contributed by atoms with Gasteiger partial charge in [-0.1, -0.05) is 6.07 Å². The van der Waals surface area contributed by atoms with Gasteiger partial charge in [-0.05, 0) is 37.6 Å². The van der Waals surface area contributed by atoms with Crippen molar-refractivity contribution in [2.75, 3.05) is 19.0 Å². The van der Waals surface area contributed by atoms with Crippen LogP contribution in [0.15, 0.2) is 24.3 Å². The Balaban J connectivity index is 0.00000180. The highest BCUT2D eigenvalue weighted by Gasteiger charge is 2.22. The minimum atomic E-state index is -0.412. The second-order valence-corrected chi connectivity index (χ2v) is 4.21. The van der Waals surface area contributed by atoms with Gasteiger partial charge in [0.05, 0.1) is 18.7 Å². The molecule has 1 unspecified atom stereocenters. The van der Waals surface area contributed by atoms with Crippen LogP contribution in [0.2, 0.25) is 0 Å². The number of carbonyl (C=O) groups is 2. The van der Waals surface area contributed by atoms with Crippen molar-refractivity contribution in [3.63, 3.8) is 0 Å². The molecule has 2 N–H and O–H groups in total. The van der Waals surface area contributed by atoms with Gasteiger partial charge in [-0.15, -0.1) is 12.4 Å². The zero-order valence-corrected chi connectivity index (χ0v) is 11.5. The summed E-state index contributed by atoms with van der Waals surface area (Å²) in [6, 6.07) is 6.59. The van der Waals surface area contributed by atoms with Gasteiger partial charge in [-0.3, -0.25) is 4.79 Å². The summed E-state index contributed by atoms with van der Waals surface area (Å²) in [6.45, 7) is 0.875. The number of hydrogen-bond donors (Lipinski definition) is 2. The van der Waals surface area contributed by atoms with E-state index in [-0.39, 0.29) is 24.4 Å². The fraction of sp³-hybridized carbons (Fsp3) is 0.385. The number of rotatable bonds is 3. The molecule has 0 bridgehead atoms. The Kier molecular flexibility index (Phi) is 5.79. The fourth-order valence-electron chi connectivity index (χ4n) is 1.98. The molecule has 1 heterocycles. The monoisotopic (exact) mass is 284 g/mol. The Morgan fingerprint density at radius 2 is 2.21 bits per heavy atom. The first-order valence-corrected chi connectivity index (χ1v) is 5.93. The number of carbonyl (C=O) groups excluding carboxylic acids is 2. The van der Waals surface area contributed by atoms with E-state index in [1.165, 1.54) is 7.11 Å². The third-order valence-corrected chi connectivity index (χ3v) is 2.93. The quantitative estimate of drug-likeness (QED) is 0.827. The number of hydrogen-bond acceptors (Lipinski definition) is 4. The molecule has 1 atom stereocenters. The van der Waals surface area contributed by atoms with E-state index in [0.717, 1.165) is 19.4 Å². The zero-order chi connectivity index (χ0) is 13.0. The number of benzene rings is 1.